The highest BCUT2D eigenvalue weighted by Gasteiger charge is 2.11. The van der Waals surface area contributed by atoms with E-state index in [4.69, 9.17) is 5.73 Å². The second-order valence-corrected chi connectivity index (χ2v) is 6.02. The molecule has 0 radical (unpaired) electrons. The van der Waals surface area contributed by atoms with E-state index < -0.39 is 0 Å². The van der Waals surface area contributed by atoms with Gasteiger partial charge in [-0.25, -0.2) is 0 Å². The predicted octanol–water partition coefficient (Wildman–Crippen LogP) is 3.65. The van der Waals surface area contributed by atoms with E-state index in [1.807, 2.05) is 19.1 Å². The fourth-order valence-electron chi connectivity index (χ4n) is 1.38. The van der Waals surface area contributed by atoms with Crippen LogP contribution >= 0.6 is 27.3 Å². The fraction of sp³-hybridized carbons (Fsp3) is 0.0833. The highest BCUT2D eigenvalue weighted by molar-refractivity contribution is 9.11. The van der Waals surface area contributed by atoms with Crippen LogP contribution in [0.5, 0.6) is 0 Å². The number of thiophene rings is 1. The van der Waals surface area contributed by atoms with E-state index in [0.717, 1.165) is 9.35 Å². The summed E-state index contributed by atoms with van der Waals surface area (Å²) in [6.07, 6.45) is 0. The Balaban J connectivity index is 2.17. The molecule has 1 amide bonds. The molecular formula is C12H11BrN2OS. The molecule has 1 aromatic heterocycles. The zero-order valence-corrected chi connectivity index (χ0v) is 11.6. The lowest BCUT2D eigenvalue weighted by Crippen LogP contribution is -2.10. The van der Waals surface area contributed by atoms with Gasteiger partial charge in [0.25, 0.3) is 5.91 Å². The van der Waals surface area contributed by atoms with Gasteiger partial charge in [-0.2, -0.15) is 0 Å². The summed E-state index contributed by atoms with van der Waals surface area (Å²) in [6, 6.07) is 8.98. The standard InChI is InChI=1S/C12H11BrN2OS/c1-7-5-10(17-11(7)13)12(16)15-9-4-2-3-8(14)6-9/h2-6H,14H2,1H3,(H,15,16). The number of rotatable bonds is 2. The Morgan fingerprint density at radius 3 is 2.76 bits per heavy atom. The Morgan fingerprint density at radius 1 is 1.41 bits per heavy atom. The van der Waals surface area contributed by atoms with Gasteiger partial charge in [0.1, 0.15) is 0 Å². The smallest absolute Gasteiger partial charge is 0.265 e. The monoisotopic (exact) mass is 310 g/mol. The molecule has 0 saturated heterocycles. The summed E-state index contributed by atoms with van der Waals surface area (Å²) in [7, 11) is 0. The van der Waals surface area contributed by atoms with E-state index in [1.54, 1.807) is 18.2 Å². The number of nitrogen functional groups attached to an aromatic ring is 1. The first-order valence-corrected chi connectivity index (χ1v) is 6.60. The van der Waals surface area contributed by atoms with Crippen LogP contribution in [0.15, 0.2) is 34.1 Å². The van der Waals surface area contributed by atoms with Gasteiger partial charge in [0.15, 0.2) is 0 Å². The number of anilines is 2. The van der Waals surface area contributed by atoms with Crippen molar-refractivity contribution in [1.82, 2.24) is 0 Å². The van der Waals surface area contributed by atoms with Crippen LogP contribution in [0.2, 0.25) is 0 Å². The Kier molecular flexibility index (Phi) is 3.49. The molecule has 2 rings (SSSR count). The van der Waals surface area contributed by atoms with Crippen LogP contribution in [-0.4, -0.2) is 5.91 Å². The summed E-state index contributed by atoms with van der Waals surface area (Å²) in [5.74, 6) is -0.116. The van der Waals surface area contributed by atoms with Gasteiger partial charge in [-0.3, -0.25) is 4.79 Å². The summed E-state index contributed by atoms with van der Waals surface area (Å²) in [4.78, 5) is 12.6. The lowest BCUT2D eigenvalue weighted by Gasteiger charge is -2.03. The number of hydrogen-bond donors (Lipinski definition) is 2. The normalized spacial score (nSPS) is 10.2. The summed E-state index contributed by atoms with van der Waals surface area (Å²) in [6.45, 7) is 1.96. The average molecular weight is 311 g/mol. The average Bonchev–Trinajstić information content (AvgIpc) is 2.59. The molecule has 0 aliphatic carbocycles. The Labute approximate surface area is 112 Å². The van der Waals surface area contributed by atoms with Gasteiger partial charge < -0.3 is 11.1 Å². The maximum absolute atomic E-state index is 11.9. The third-order valence-corrected chi connectivity index (χ3v) is 4.36. The zero-order valence-electron chi connectivity index (χ0n) is 9.16. The van der Waals surface area contributed by atoms with Gasteiger partial charge in [0.2, 0.25) is 0 Å². The first-order chi connectivity index (χ1) is 8.06. The lowest BCUT2D eigenvalue weighted by molar-refractivity contribution is 0.103. The van der Waals surface area contributed by atoms with Gasteiger partial charge in [-0.15, -0.1) is 11.3 Å². The molecule has 1 aromatic carbocycles. The van der Waals surface area contributed by atoms with E-state index in [9.17, 15) is 4.79 Å². The van der Waals surface area contributed by atoms with E-state index >= 15 is 0 Å². The molecule has 0 saturated carbocycles. The maximum atomic E-state index is 11.9. The fourth-order valence-corrected chi connectivity index (χ4v) is 2.81. The Morgan fingerprint density at radius 2 is 2.18 bits per heavy atom. The number of aryl methyl sites for hydroxylation is 1. The molecule has 1 heterocycles. The SMILES string of the molecule is Cc1cc(C(=O)Nc2cccc(N)c2)sc1Br. The molecule has 5 heteroatoms. The van der Waals surface area contributed by atoms with Gasteiger partial charge in [-0.1, -0.05) is 6.07 Å². The van der Waals surface area contributed by atoms with Crippen LogP contribution in [0.3, 0.4) is 0 Å². The van der Waals surface area contributed by atoms with Crippen molar-refractivity contribution < 1.29 is 4.79 Å². The van der Waals surface area contributed by atoms with Gasteiger partial charge in [-0.05, 0) is 52.7 Å². The predicted molar refractivity (Wildman–Crippen MR) is 75.6 cm³/mol. The lowest BCUT2D eigenvalue weighted by atomic mass is 10.2. The summed E-state index contributed by atoms with van der Waals surface area (Å²) in [5.41, 5.74) is 8.04. The van der Waals surface area contributed by atoms with Crippen molar-refractivity contribution in [2.75, 3.05) is 11.1 Å². The van der Waals surface area contributed by atoms with Crippen molar-refractivity contribution in [1.29, 1.82) is 0 Å². The summed E-state index contributed by atoms with van der Waals surface area (Å²) >= 11 is 4.82. The molecule has 0 bridgehead atoms. The van der Waals surface area contributed by atoms with Gasteiger partial charge in [0.05, 0.1) is 8.66 Å². The molecule has 0 aliphatic rings. The van der Waals surface area contributed by atoms with Crippen molar-refractivity contribution in [2.24, 2.45) is 0 Å². The van der Waals surface area contributed by atoms with E-state index in [2.05, 4.69) is 21.2 Å². The molecule has 0 unspecified atom stereocenters. The number of nitrogens with one attached hydrogen (secondary N) is 1. The van der Waals surface area contributed by atoms with Crippen LogP contribution in [0.25, 0.3) is 0 Å². The molecule has 3 nitrogen and oxygen atoms in total. The van der Waals surface area contributed by atoms with Crippen molar-refractivity contribution in [3.63, 3.8) is 0 Å². The van der Waals surface area contributed by atoms with Crippen LogP contribution < -0.4 is 11.1 Å². The minimum atomic E-state index is -0.116. The number of nitrogens with two attached hydrogens (primary N) is 1. The van der Waals surface area contributed by atoms with Crippen LogP contribution in [-0.2, 0) is 0 Å². The Bertz CT molecular complexity index is 546. The summed E-state index contributed by atoms with van der Waals surface area (Å²) < 4.78 is 0.982. The molecule has 0 fully saturated rings. The molecule has 0 spiro atoms. The molecule has 0 aliphatic heterocycles. The number of halogens is 1. The first-order valence-electron chi connectivity index (χ1n) is 4.99. The minimum Gasteiger partial charge on any atom is -0.399 e. The van der Waals surface area contributed by atoms with Crippen LogP contribution in [0.1, 0.15) is 15.2 Å². The highest BCUT2D eigenvalue weighted by atomic mass is 79.9. The third-order valence-electron chi connectivity index (χ3n) is 2.23. The molecule has 3 N–H and O–H groups in total. The molecular weight excluding hydrogens is 300 g/mol. The van der Waals surface area contributed by atoms with E-state index in [0.29, 0.717) is 16.3 Å². The van der Waals surface area contributed by atoms with E-state index in [-0.39, 0.29) is 5.91 Å². The van der Waals surface area contributed by atoms with Crippen molar-refractivity contribution in [3.8, 4) is 0 Å². The highest BCUT2D eigenvalue weighted by Crippen LogP contribution is 2.28. The summed E-state index contributed by atoms with van der Waals surface area (Å²) in [5, 5.41) is 2.81. The maximum Gasteiger partial charge on any atom is 0.265 e. The quantitative estimate of drug-likeness (QED) is 0.832. The zero-order chi connectivity index (χ0) is 12.4. The molecule has 2 aromatic rings. The number of hydrogen-bond acceptors (Lipinski definition) is 3. The molecule has 0 atom stereocenters. The van der Waals surface area contributed by atoms with Gasteiger partial charge in [0, 0.05) is 11.4 Å². The Hall–Kier alpha value is -1.33. The topological polar surface area (TPSA) is 55.1 Å². The number of benzene rings is 1. The third kappa shape index (κ3) is 2.87. The number of amides is 1. The van der Waals surface area contributed by atoms with Crippen molar-refractivity contribution in [3.05, 3.63) is 44.6 Å². The second-order valence-electron chi connectivity index (χ2n) is 3.65. The molecule has 17 heavy (non-hydrogen) atoms. The number of carbonyl (C=O) groups is 1. The van der Waals surface area contributed by atoms with Crippen LogP contribution in [0.4, 0.5) is 11.4 Å². The van der Waals surface area contributed by atoms with Crippen molar-refractivity contribution in [2.45, 2.75) is 6.92 Å². The second kappa shape index (κ2) is 4.89. The largest absolute Gasteiger partial charge is 0.399 e. The minimum absolute atomic E-state index is 0.116. The number of carbonyl (C=O) groups excluding carboxylic acids is 1. The van der Waals surface area contributed by atoms with Crippen LogP contribution in [0, 0.1) is 6.92 Å². The first kappa shape index (κ1) is 12.1. The van der Waals surface area contributed by atoms with Crippen molar-refractivity contribution >= 4 is 44.5 Å². The van der Waals surface area contributed by atoms with Gasteiger partial charge >= 0.3 is 0 Å². The van der Waals surface area contributed by atoms with E-state index in [1.165, 1.54) is 11.3 Å². The molecule has 88 valence electrons.